The molecule has 2 rings (SSSR count). The fourth-order valence-electron chi connectivity index (χ4n) is 3.84. The standard InChI is InChI=1S/C24H28F3NO4/c1-6-9-13-28-15(4)19(22(29)31-7-2)21(20(16(28)5)23(30)32-8-3)17-11-10-12-18(14-17)24(25,26)27/h6,10-12,14,21H,1,7-9,13H2,2-5H3. The van der Waals surface area contributed by atoms with Crippen molar-refractivity contribution in [3.05, 3.63) is 70.6 Å². The minimum absolute atomic E-state index is 0.0784. The third kappa shape index (κ3) is 5.23. The van der Waals surface area contributed by atoms with Crippen LogP contribution in [0, 0.1) is 0 Å². The van der Waals surface area contributed by atoms with E-state index in [1.165, 1.54) is 12.1 Å². The van der Waals surface area contributed by atoms with Gasteiger partial charge in [-0.2, -0.15) is 13.2 Å². The Bertz CT molecular complexity index is 905. The van der Waals surface area contributed by atoms with Crippen LogP contribution in [-0.2, 0) is 25.2 Å². The summed E-state index contributed by atoms with van der Waals surface area (Å²) in [5.74, 6) is -2.44. The van der Waals surface area contributed by atoms with Crippen molar-refractivity contribution in [2.75, 3.05) is 19.8 Å². The number of allylic oxidation sites excluding steroid dienone is 2. The maximum atomic E-state index is 13.4. The molecule has 0 atom stereocenters. The number of esters is 2. The molecule has 0 aliphatic carbocycles. The number of carbonyl (C=O) groups is 2. The summed E-state index contributed by atoms with van der Waals surface area (Å²) in [4.78, 5) is 27.8. The predicted octanol–water partition coefficient (Wildman–Crippen LogP) is 5.35. The average molecular weight is 451 g/mol. The highest BCUT2D eigenvalue weighted by Crippen LogP contribution is 2.44. The summed E-state index contributed by atoms with van der Waals surface area (Å²) in [6.07, 6.45) is -2.31. The molecule has 1 aromatic rings. The number of ether oxygens (including phenoxy) is 2. The molecule has 1 heterocycles. The Balaban J connectivity index is 2.81. The van der Waals surface area contributed by atoms with Crippen molar-refractivity contribution in [2.45, 2.75) is 46.2 Å². The monoisotopic (exact) mass is 451 g/mol. The molecule has 1 aliphatic heterocycles. The number of hydrogen-bond acceptors (Lipinski definition) is 5. The van der Waals surface area contributed by atoms with Gasteiger partial charge in [-0.25, -0.2) is 9.59 Å². The zero-order valence-corrected chi connectivity index (χ0v) is 18.7. The van der Waals surface area contributed by atoms with Gasteiger partial charge in [-0.3, -0.25) is 0 Å². The first-order valence-corrected chi connectivity index (χ1v) is 10.4. The van der Waals surface area contributed by atoms with Crippen LogP contribution in [0.4, 0.5) is 13.2 Å². The van der Waals surface area contributed by atoms with E-state index in [1.807, 2.05) is 0 Å². The number of hydrogen-bond donors (Lipinski definition) is 0. The van der Waals surface area contributed by atoms with E-state index in [9.17, 15) is 22.8 Å². The summed E-state index contributed by atoms with van der Waals surface area (Å²) in [5, 5.41) is 0. The molecule has 1 aromatic carbocycles. The maximum Gasteiger partial charge on any atom is 0.416 e. The minimum Gasteiger partial charge on any atom is -0.463 e. The number of nitrogens with zero attached hydrogens (tertiary/aromatic N) is 1. The fourth-order valence-corrected chi connectivity index (χ4v) is 3.84. The normalized spacial score (nSPS) is 15.2. The summed E-state index contributed by atoms with van der Waals surface area (Å²) >= 11 is 0. The van der Waals surface area contributed by atoms with Crippen LogP contribution in [0.1, 0.15) is 51.2 Å². The van der Waals surface area contributed by atoms with Crippen LogP contribution >= 0.6 is 0 Å². The van der Waals surface area contributed by atoms with E-state index >= 15 is 0 Å². The van der Waals surface area contributed by atoms with Gasteiger partial charge in [0.2, 0.25) is 0 Å². The smallest absolute Gasteiger partial charge is 0.416 e. The summed E-state index contributed by atoms with van der Waals surface area (Å²) in [7, 11) is 0. The summed E-state index contributed by atoms with van der Waals surface area (Å²) in [6.45, 7) is 11.0. The summed E-state index contributed by atoms with van der Waals surface area (Å²) < 4.78 is 50.7. The Hall–Kier alpha value is -3.03. The molecular weight excluding hydrogens is 423 g/mol. The Labute approximate surface area is 186 Å². The van der Waals surface area contributed by atoms with E-state index in [1.54, 1.807) is 38.7 Å². The lowest BCUT2D eigenvalue weighted by Crippen LogP contribution is -2.36. The molecule has 8 heteroatoms. The second kappa shape index (κ2) is 10.5. The molecule has 0 amide bonds. The second-order valence-corrected chi connectivity index (χ2v) is 7.22. The summed E-state index contributed by atoms with van der Waals surface area (Å²) in [5.41, 5.74) is 0.545. The highest BCUT2D eigenvalue weighted by atomic mass is 19.4. The van der Waals surface area contributed by atoms with Gasteiger partial charge in [-0.1, -0.05) is 24.3 Å². The van der Waals surface area contributed by atoms with Gasteiger partial charge in [0.05, 0.1) is 35.8 Å². The van der Waals surface area contributed by atoms with Crippen molar-refractivity contribution in [3.8, 4) is 0 Å². The molecule has 0 bridgehead atoms. The largest absolute Gasteiger partial charge is 0.463 e. The van der Waals surface area contributed by atoms with Crippen LogP contribution in [-0.4, -0.2) is 36.6 Å². The predicted molar refractivity (Wildman–Crippen MR) is 114 cm³/mol. The van der Waals surface area contributed by atoms with Gasteiger partial charge in [0.1, 0.15) is 0 Å². The van der Waals surface area contributed by atoms with Crippen molar-refractivity contribution in [2.24, 2.45) is 0 Å². The number of halogens is 3. The Morgan fingerprint density at radius 1 is 1.06 bits per heavy atom. The molecule has 0 saturated heterocycles. The molecule has 0 spiro atoms. The molecule has 5 nitrogen and oxygen atoms in total. The van der Waals surface area contributed by atoms with Crippen molar-refractivity contribution >= 4 is 11.9 Å². The molecule has 0 unspecified atom stereocenters. The molecule has 0 saturated carbocycles. The number of carbonyl (C=O) groups excluding carboxylic acids is 2. The molecule has 1 aliphatic rings. The molecule has 0 N–H and O–H groups in total. The molecule has 174 valence electrons. The van der Waals surface area contributed by atoms with Gasteiger partial charge < -0.3 is 14.4 Å². The number of benzene rings is 1. The fraction of sp³-hybridized carbons (Fsp3) is 0.417. The number of alkyl halides is 3. The van der Waals surface area contributed by atoms with E-state index in [4.69, 9.17) is 9.47 Å². The lowest BCUT2D eigenvalue weighted by Gasteiger charge is -2.38. The molecule has 32 heavy (non-hydrogen) atoms. The van der Waals surface area contributed by atoms with Gasteiger partial charge in [-0.05, 0) is 45.7 Å². The van der Waals surface area contributed by atoms with Crippen LogP contribution < -0.4 is 0 Å². The van der Waals surface area contributed by atoms with E-state index < -0.39 is 29.6 Å². The molecule has 0 aromatic heterocycles. The van der Waals surface area contributed by atoms with Gasteiger partial charge in [0.25, 0.3) is 0 Å². The van der Waals surface area contributed by atoms with Gasteiger partial charge in [-0.15, -0.1) is 6.58 Å². The zero-order chi connectivity index (χ0) is 24.1. The zero-order valence-electron chi connectivity index (χ0n) is 18.7. The van der Waals surface area contributed by atoms with E-state index in [-0.39, 0.29) is 29.9 Å². The minimum atomic E-state index is -4.58. The third-order valence-corrected chi connectivity index (χ3v) is 5.26. The van der Waals surface area contributed by atoms with E-state index in [2.05, 4.69) is 6.58 Å². The van der Waals surface area contributed by atoms with Gasteiger partial charge in [0, 0.05) is 17.9 Å². The van der Waals surface area contributed by atoms with Gasteiger partial charge in [0.15, 0.2) is 0 Å². The van der Waals surface area contributed by atoms with Crippen molar-refractivity contribution in [1.29, 1.82) is 0 Å². The first-order valence-electron chi connectivity index (χ1n) is 10.4. The Morgan fingerprint density at radius 3 is 2.03 bits per heavy atom. The van der Waals surface area contributed by atoms with Crippen LogP contribution in [0.2, 0.25) is 0 Å². The van der Waals surface area contributed by atoms with Crippen molar-refractivity contribution in [3.63, 3.8) is 0 Å². The van der Waals surface area contributed by atoms with Crippen LogP contribution in [0.5, 0.6) is 0 Å². The highest BCUT2D eigenvalue weighted by Gasteiger charge is 2.41. The quantitative estimate of drug-likeness (QED) is 0.394. The molecule has 0 fully saturated rings. The Morgan fingerprint density at radius 2 is 1.59 bits per heavy atom. The van der Waals surface area contributed by atoms with Crippen molar-refractivity contribution in [1.82, 2.24) is 4.90 Å². The van der Waals surface area contributed by atoms with Crippen molar-refractivity contribution < 1.29 is 32.2 Å². The molecular formula is C24H28F3NO4. The molecule has 0 radical (unpaired) electrons. The SMILES string of the molecule is C=CCCN1C(C)=C(C(=O)OCC)C(c2cccc(C(F)(F)F)c2)C(C(=O)OCC)=C1C. The lowest BCUT2D eigenvalue weighted by atomic mass is 9.79. The highest BCUT2D eigenvalue weighted by molar-refractivity contribution is 5.99. The number of rotatable bonds is 8. The third-order valence-electron chi connectivity index (χ3n) is 5.26. The maximum absolute atomic E-state index is 13.4. The average Bonchev–Trinajstić information content (AvgIpc) is 2.73. The van der Waals surface area contributed by atoms with E-state index in [0.29, 0.717) is 24.4 Å². The second-order valence-electron chi connectivity index (χ2n) is 7.22. The lowest BCUT2D eigenvalue weighted by molar-refractivity contribution is -0.140. The van der Waals surface area contributed by atoms with E-state index in [0.717, 1.165) is 12.1 Å². The first kappa shape index (κ1) is 25.2. The summed E-state index contributed by atoms with van der Waals surface area (Å²) in [6, 6.07) is 4.64. The topological polar surface area (TPSA) is 55.8 Å². The van der Waals surface area contributed by atoms with Gasteiger partial charge >= 0.3 is 18.1 Å². The Kier molecular flexibility index (Phi) is 8.30. The van der Waals surface area contributed by atoms with Crippen LogP contribution in [0.15, 0.2) is 59.5 Å². The van der Waals surface area contributed by atoms with Crippen LogP contribution in [0.25, 0.3) is 0 Å². The van der Waals surface area contributed by atoms with Crippen LogP contribution in [0.3, 0.4) is 0 Å². The first-order chi connectivity index (χ1) is 15.1.